The van der Waals surface area contributed by atoms with Crippen LogP contribution in [0.1, 0.15) is 26.3 Å². The highest BCUT2D eigenvalue weighted by molar-refractivity contribution is 6.09. The van der Waals surface area contributed by atoms with Gasteiger partial charge < -0.3 is 11.5 Å². The summed E-state index contributed by atoms with van der Waals surface area (Å²) in [5.74, 6) is 0.480. The Morgan fingerprint density at radius 2 is 2.05 bits per heavy atom. The molecule has 0 radical (unpaired) electrons. The maximum Gasteiger partial charge on any atom is 0.152 e. The minimum Gasteiger partial charge on any atom is -0.382 e. The summed E-state index contributed by atoms with van der Waals surface area (Å²) in [4.78, 5) is 4.50. The molecule has 0 spiro atoms. The van der Waals surface area contributed by atoms with E-state index in [0.29, 0.717) is 5.82 Å². The van der Waals surface area contributed by atoms with Gasteiger partial charge in [0.2, 0.25) is 0 Å². The van der Waals surface area contributed by atoms with Gasteiger partial charge in [-0.3, -0.25) is 4.68 Å². The number of nitrogen functional groups attached to an aromatic ring is 1. The lowest BCUT2D eigenvalue weighted by Crippen LogP contribution is -2.34. The number of anilines is 1. The van der Waals surface area contributed by atoms with Crippen LogP contribution in [0, 0.1) is 0 Å². The van der Waals surface area contributed by atoms with Gasteiger partial charge in [0.15, 0.2) is 5.82 Å². The number of nitrogens with zero attached hydrogens (tertiary/aromatic N) is 3. The maximum absolute atomic E-state index is 6.20. The maximum atomic E-state index is 6.20. The lowest BCUT2D eigenvalue weighted by atomic mass is 9.92. The molecular weight excluding hydrogens is 262 g/mol. The number of benzene rings is 1. The predicted molar refractivity (Wildman–Crippen MR) is 87.1 cm³/mol. The van der Waals surface area contributed by atoms with E-state index in [1.54, 1.807) is 0 Å². The second-order valence-corrected chi connectivity index (χ2v) is 6.22. The van der Waals surface area contributed by atoms with Gasteiger partial charge in [0.05, 0.1) is 5.52 Å². The quantitative estimate of drug-likeness (QED) is 0.773. The molecule has 0 atom stereocenters. The highest BCUT2D eigenvalue weighted by Crippen LogP contribution is 2.30. The zero-order valence-corrected chi connectivity index (χ0v) is 12.7. The Bertz CT molecular complexity index is 811. The fourth-order valence-electron chi connectivity index (χ4n) is 2.77. The van der Waals surface area contributed by atoms with Crippen molar-refractivity contribution < 1.29 is 0 Å². The van der Waals surface area contributed by atoms with E-state index in [0.717, 1.165) is 34.8 Å². The summed E-state index contributed by atoms with van der Waals surface area (Å²) in [5.41, 5.74) is 14.8. The van der Waals surface area contributed by atoms with Crippen LogP contribution in [0.3, 0.4) is 0 Å². The van der Waals surface area contributed by atoms with Crippen molar-refractivity contribution >= 4 is 27.6 Å². The van der Waals surface area contributed by atoms with Crippen molar-refractivity contribution in [3.8, 4) is 0 Å². The number of aryl methyl sites for hydroxylation is 1. The van der Waals surface area contributed by atoms with Gasteiger partial charge in [-0.15, -0.1) is 0 Å². The number of hydrogen-bond donors (Lipinski definition) is 2. The molecule has 0 unspecified atom stereocenters. The van der Waals surface area contributed by atoms with Crippen LogP contribution in [-0.4, -0.2) is 20.3 Å². The second kappa shape index (κ2) is 4.70. The average Bonchev–Trinajstić information content (AvgIpc) is 2.81. The minimum atomic E-state index is -0.275. The van der Waals surface area contributed by atoms with Crippen LogP contribution in [0.4, 0.5) is 5.82 Å². The molecule has 2 heterocycles. The molecule has 0 saturated heterocycles. The summed E-state index contributed by atoms with van der Waals surface area (Å²) in [6.45, 7) is 6.92. The first-order valence-corrected chi connectivity index (χ1v) is 7.22. The molecule has 21 heavy (non-hydrogen) atoms. The fourth-order valence-corrected chi connectivity index (χ4v) is 2.77. The summed E-state index contributed by atoms with van der Waals surface area (Å²) in [5, 5.41) is 6.68. The smallest absolute Gasteiger partial charge is 0.152 e. The zero-order valence-electron chi connectivity index (χ0n) is 12.7. The number of rotatable bonds is 3. The van der Waals surface area contributed by atoms with E-state index >= 15 is 0 Å². The molecule has 3 aromatic rings. The van der Waals surface area contributed by atoms with E-state index in [1.165, 1.54) is 5.56 Å². The van der Waals surface area contributed by atoms with Gasteiger partial charge in [0, 0.05) is 29.1 Å². The van der Waals surface area contributed by atoms with E-state index < -0.39 is 0 Å². The third kappa shape index (κ3) is 2.45. The molecule has 0 saturated carbocycles. The molecule has 5 heteroatoms. The highest BCUT2D eigenvalue weighted by atomic mass is 15.3. The van der Waals surface area contributed by atoms with E-state index in [4.69, 9.17) is 11.5 Å². The largest absolute Gasteiger partial charge is 0.382 e. The van der Waals surface area contributed by atoms with Gasteiger partial charge in [-0.25, -0.2) is 4.98 Å². The first-order chi connectivity index (χ1) is 9.89. The zero-order chi connectivity index (χ0) is 15.2. The van der Waals surface area contributed by atoms with Crippen molar-refractivity contribution in [3.63, 3.8) is 0 Å². The van der Waals surface area contributed by atoms with Crippen molar-refractivity contribution in [3.05, 3.63) is 30.0 Å². The van der Waals surface area contributed by atoms with Crippen LogP contribution < -0.4 is 11.5 Å². The third-order valence-corrected chi connectivity index (χ3v) is 3.61. The van der Waals surface area contributed by atoms with Crippen LogP contribution in [0.25, 0.3) is 21.8 Å². The van der Waals surface area contributed by atoms with Crippen LogP contribution in [-0.2, 0) is 13.0 Å². The normalized spacial score (nSPS) is 12.4. The Morgan fingerprint density at radius 3 is 2.71 bits per heavy atom. The first-order valence-electron chi connectivity index (χ1n) is 7.22. The number of aromatic nitrogens is 3. The molecule has 0 bridgehead atoms. The summed E-state index contributed by atoms with van der Waals surface area (Å²) < 4.78 is 1.90. The predicted octanol–water partition coefficient (Wildman–Crippen LogP) is 2.47. The van der Waals surface area contributed by atoms with E-state index in [-0.39, 0.29) is 5.54 Å². The van der Waals surface area contributed by atoms with Gasteiger partial charge in [-0.2, -0.15) is 5.10 Å². The Kier molecular flexibility index (Phi) is 3.10. The molecule has 3 rings (SSSR count). The van der Waals surface area contributed by atoms with Gasteiger partial charge in [0.25, 0.3) is 0 Å². The second-order valence-electron chi connectivity index (χ2n) is 6.22. The lowest BCUT2D eigenvalue weighted by Gasteiger charge is -2.19. The monoisotopic (exact) mass is 283 g/mol. The van der Waals surface area contributed by atoms with Crippen LogP contribution in [0.2, 0.25) is 0 Å². The van der Waals surface area contributed by atoms with E-state index in [1.807, 2.05) is 36.9 Å². The molecule has 4 N–H and O–H groups in total. The molecule has 110 valence electrons. The Labute approximate surface area is 123 Å². The van der Waals surface area contributed by atoms with Crippen molar-refractivity contribution in [2.75, 3.05) is 5.73 Å². The summed E-state index contributed by atoms with van der Waals surface area (Å²) in [6.07, 6.45) is 2.82. The van der Waals surface area contributed by atoms with Crippen molar-refractivity contribution in [2.24, 2.45) is 5.73 Å². The van der Waals surface area contributed by atoms with Crippen molar-refractivity contribution in [1.29, 1.82) is 0 Å². The molecule has 0 fully saturated rings. The first kappa shape index (κ1) is 13.8. The van der Waals surface area contributed by atoms with Crippen LogP contribution >= 0.6 is 0 Å². The van der Waals surface area contributed by atoms with Crippen LogP contribution in [0.15, 0.2) is 24.4 Å². The van der Waals surface area contributed by atoms with Gasteiger partial charge in [-0.1, -0.05) is 12.1 Å². The Balaban J connectivity index is 2.37. The highest BCUT2D eigenvalue weighted by Gasteiger charge is 2.17. The van der Waals surface area contributed by atoms with E-state index in [9.17, 15) is 0 Å². The topological polar surface area (TPSA) is 82.8 Å². The Hall–Kier alpha value is -2.14. The number of hydrogen-bond acceptors (Lipinski definition) is 4. The SMILES string of the molecule is CCn1cc2c(n1)c(N)nc1cccc(CC(C)(C)N)c12. The Morgan fingerprint density at radius 1 is 1.29 bits per heavy atom. The molecular formula is C16H21N5. The molecule has 5 nitrogen and oxygen atoms in total. The minimum absolute atomic E-state index is 0.275. The molecule has 0 aliphatic heterocycles. The van der Waals surface area contributed by atoms with Gasteiger partial charge in [0.1, 0.15) is 5.52 Å². The lowest BCUT2D eigenvalue weighted by molar-refractivity contribution is 0.518. The van der Waals surface area contributed by atoms with Crippen LogP contribution in [0.5, 0.6) is 0 Å². The molecule has 0 aliphatic rings. The van der Waals surface area contributed by atoms with E-state index in [2.05, 4.69) is 23.1 Å². The molecule has 1 aromatic carbocycles. The summed E-state index contributed by atoms with van der Waals surface area (Å²) in [6, 6.07) is 6.10. The standard InChI is InChI=1S/C16H21N5/c1-4-21-9-11-13-10(8-16(2,3)18)6-5-7-12(13)19-15(17)14(11)20-21/h5-7,9H,4,8,18H2,1-3H3,(H2,17,19). The molecule has 0 amide bonds. The summed E-state index contributed by atoms with van der Waals surface area (Å²) >= 11 is 0. The molecule has 0 aliphatic carbocycles. The van der Waals surface area contributed by atoms with Crippen molar-refractivity contribution in [1.82, 2.24) is 14.8 Å². The van der Waals surface area contributed by atoms with Gasteiger partial charge >= 0.3 is 0 Å². The average molecular weight is 283 g/mol. The molecule has 2 aromatic heterocycles. The third-order valence-electron chi connectivity index (χ3n) is 3.61. The van der Waals surface area contributed by atoms with Crippen molar-refractivity contribution in [2.45, 2.75) is 39.3 Å². The summed E-state index contributed by atoms with van der Waals surface area (Å²) in [7, 11) is 0. The fraction of sp³-hybridized carbons (Fsp3) is 0.375. The number of pyridine rings is 1. The van der Waals surface area contributed by atoms with Gasteiger partial charge in [-0.05, 0) is 38.8 Å². The number of nitrogens with two attached hydrogens (primary N) is 2. The number of fused-ring (bicyclic) bond motifs is 3.